The lowest BCUT2D eigenvalue weighted by atomic mass is 10.0. The molecule has 104 valence electrons. The molecule has 0 radical (unpaired) electrons. The van der Waals surface area contributed by atoms with Crippen LogP contribution in [0.15, 0.2) is 24.3 Å². The number of halogens is 1. The van der Waals surface area contributed by atoms with Gasteiger partial charge in [-0.15, -0.1) is 0 Å². The molecule has 0 saturated carbocycles. The van der Waals surface area contributed by atoms with Crippen LogP contribution < -0.4 is 11.1 Å². The lowest BCUT2D eigenvalue weighted by Gasteiger charge is -2.33. The Kier molecular flexibility index (Phi) is 4.66. The Morgan fingerprint density at radius 2 is 1.95 bits per heavy atom. The van der Waals surface area contributed by atoms with Gasteiger partial charge < -0.3 is 16.0 Å². The Hall–Kier alpha value is -1.26. The number of rotatable bonds is 3. The van der Waals surface area contributed by atoms with Gasteiger partial charge >= 0.3 is 6.03 Å². The lowest BCUT2D eigenvalue weighted by molar-refractivity contribution is 0.183. The van der Waals surface area contributed by atoms with E-state index in [1.165, 1.54) is 5.56 Å². The number of nitrogens with one attached hydrogen (secondary N) is 1. The van der Waals surface area contributed by atoms with E-state index in [2.05, 4.69) is 12.2 Å². The predicted octanol–water partition coefficient (Wildman–Crippen LogP) is 2.53. The van der Waals surface area contributed by atoms with E-state index < -0.39 is 0 Å². The number of amides is 2. The highest BCUT2D eigenvalue weighted by molar-refractivity contribution is 6.30. The van der Waals surface area contributed by atoms with Crippen LogP contribution in [0.3, 0.4) is 0 Å². The van der Waals surface area contributed by atoms with Gasteiger partial charge in [-0.1, -0.05) is 23.7 Å². The van der Waals surface area contributed by atoms with Crippen LogP contribution in [0.1, 0.15) is 31.4 Å². The molecule has 1 aromatic carbocycles. The number of hydrogen-bond acceptors (Lipinski definition) is 2. The van der Waals surface area contributed by atoms with E-state index in [0.717, 1.165) is 31.0 Å². The van der Waals surface area contributed by atoms with Crippen molar-refractivity contribution >= 4 is 17.6 Å². The van der Waals surface area contributed by atoms with Crippen LogP contribution in [0.4, 0.5) is 4.79 Å². The van der Waals surface area contributed by atoms with Gasteiger partial charge in [0.2, 0.25) is 0 Å². The third kappa shape index (κ3) is 3.85. The molecule has 5 heteroatoms. The Balaban J connectivity index is 1.85. The first-order valence-electron chi connectivity index (χ1n) is 6.62. The van der Waals surface area contributed by atoms with E-state index >= 15 is 0 Å². The van der Waals surface area contributed by atoms with Crippen molar-refractivity contribution in [2.75, 3.05) is 13.1 Å². The van der Waals surface area contributed by atoms with E-state index in [1.807, 2.05) is 24.3 Å². The minimum atomic E-state index is -0.316. The van der Waals surface area contributed by atoms with Gasteiger partial charge in [0.25, 0.3) is 0 Å². The standard InChI is InChI=1S/C14H20ClN3O/c1-10(11-2-4-12(15)5-3-11)17-13-6-8-18(9-7-13)14(16)19/h2-5,10,13,17H,6-9H2,1H3,(H2,16,19)/t10-/m1/s1. The molecule has 0 spiro atoms. The number of nitrogens with zero attached hydrogens (tertiary/aromatic N) is 1. The molecule has 19 heavy (non-hydrogen) atoms. The van der Waals surface area contributed by atoms with Gasteiger partial charge in [0.05, 0.1) is 0 Å². The fourth-order valence-electron chi connectivity index (χ4n) is 2.47. The van der Waals surface area contributed by atoms with Crippen LogP contribution in [-0.2, 0) is 0 Å². The van der Waals surface area contributed by atoms with Crippen LogP contribution >= 0.6 is 11.6 Å². The van der Waals surface area contributed by atoms with Crippen LogP contribution in [0.5, 0.6) is 0 Å². The Morgan fingerprint density at radius 1 is 1.37 bits per heavy atom. The first kappa shape index (κ1) is 14.2. The minimum absolute atomic E-state index is 0.280. The molecule has 3 N–H and O–H groups in total. The molecule has 1 fully saturated rings. The average Bonchev–Trinajstić information content (AvgIpc) is 2.40. The maximum Gasteiger partial charge on any atom is 0.314 e. The van der Waals surface area contributed by atoms with Crippen molar-refractivity contribution in [2.24, 2.45) is 5.73 Å². The summed E-state index contributed by atoms with van der Waals surface area (Å²) in [6.45, 7) is 3.62. The van der Waals surface area contributed by atoms with Gasteiger partial charge in [-0.2, -0.15) is 0 Å². The monoisotopic (exact) mass is 281 g/mol. The van der Waals surface area contributed by atoms with Crippen LogP contribution in [0.2, 0.25) is 5.02 Å². The van der Waals surface area contributed by atoms with E-state index in [0.29, 0.717) is 6.04 Å². The van der Waals surface area contributed by atoms with Crippen LogP contribution in [0, 0.1) is 0 Å². The van der Waals surface area contributed by atoms with Crippen molar-refractivity contribution in [1.82, 2.24) is 10.2 Å². The largest absolute Gasteiger partial charge is 0.351 e. The summed E-state index contributed by atoms with van der Waals surface area (Å²) in [7, 11) is 0. The number of primary amides is 1. The molecule has 0 unspecified atom stereocenters. The quantitative estimate of drug-likeness (QED) is 0.894. The summed E-state index contributed by atoms with van der Waals surface area (Å²) in [4.78, 5) is 12.8. The summed E-state index contributed by atoms with van der Waals surface area (Å²) < 4.78 is 0. The normalized spacial score (nSPS) is 18.3. The summed E-state index contributed by atoms with van der Waals surface area (Å²) in [5.74, 6) is 0. The number of benzene rings is 1. The van der Waals surface area contributed by atoms with Crippen molar-refractivity contribution in [1.29, 1.82) is 0 Å². The number of nitrogens with two attached hydrogens (primary N) is 1. The second kappa shape index (κ2) is 6.26. The molecule has 1 atom stereocenters. The molecule has 1 aromatic rings. The van der Waals surface area contributed by atoms with Crippen molar-refractivity contribution in [3.63, 3.8) is 0 Å². The summed E-state index contributed by atoms with van der Waals surface area (Å²) in [6, 6.07) is 8.29. The second-order valence-electron chi connectivity index (χ2n) is 5.04. The van der Waals surface area contributed by atoms with Gasteiger partial charge in [-0.3, -0.25) is 0 Å². The van der Waals surface area contributed by atoms with Gasteiger partial charge in [-0.05, 0) is 37.5 Å². The maximum atomic E-state index is 11.1. The molecule has 1 saturated heterocycles. The molecule has 0 aliphatic carbocycles. The SMILES string of the molecule is C[C@@H](NC1CCN(C(N)=O)CC1)c1ccc(Cl)cc1. The summed E-state index contributed by atoms with van der Waals surface area (Å²) >= 11 is 5.88. The molecule has 0 bridgehead atoms. The van der Waals surface area contributed by atoms with Gasteiger partial charge in [0.15, 0.2) is 0 Å². The van der Waals surface area contributed by atoms with E-state index in [-0.39, 0.29) is 12.1 Å². The number of hydrogen-bond donors (Lipinski definition) is 2. The zero-order chi connectivity index (χ0) is 13.8. The second-order valence-corrected chi connectivity index (χ2v) is 5.48. The molecule has 1 aliphatic rings. The first-order chi connectivity index (χ1) is 9.06. The highest BCUT2D eigenvalue weighted by Crippen LogP contribution is 2.19. The smallest absolute Gasteiger partial charge is 0.314 e. The molecule has 2 amide bonds. The van der Waals surface area contributed by atoms with E-state index in [9.17, 15) is 4.79 Å². The molecule has 1 heterocycles. The van der Waals surface area contributed by atoms with Crippen LogP contribution in [0.25, 0.3) is 0 Å². The Labute approximate surface area is 118 Å². The maximum absolute atomic E-state index is 11.1. The number of carbonyl (C=O) groups is 1. The van der Waals surface area contributed by atoms with Crippen molar-refractivity contribution in [3.05, 3.63) is 34.9 Å². The zero-order valence-corrected chi connectivity index (χ0v) is 11.9. The van der Waals surface area contributed by atoms with E-state index in [1.54, 1.807) is 4.90 Å². The average molecular weight is 282 g/mol. The number of likely N-dealkylation sites (tertiary alicyclic amines) is 1. The number of piperidine rings is 1. The highest BCUT2D eigenvalue weighted by atomic mass is 35.5. The summed E-state index contributed by atoms with van der Waals surface area (Å²) in [6.07, 6.45) is 1.89. The molecule has 2 rings (SSSR count). The van der Waals surface area contributed by atoms with Gasteiger partial charge in [0.1, 0.15) is 0 Å². The van der Waals surface area contributed by atoms with Crippen LogP contribution in [-0.4, -0.2) is 30.1 Å². The fraction of sp³-hybridized carbons (Fsp3) is 0.500. The van der Waals surface area contributed by atoms with Gasteiger partial charge in [-0.25, -0.2) is 4.79 Å². The zero-order valence-electron chi connectivity index (χ0n) is 11.1. The minimum Gasteiger partial charge on any atom is -0.351 e. The highest BCUT2D eigenvalue weighted by Gasteiger charge is 2.22. The predicted molar refractivity (Wildman–Crippen MR) is 77.2 cm³/mol. The first-order valence-corrected chi connectivity index (χ1v) is 7.00. The van der Waals surface area contributed by atoms with Crippen molar-refractivity contribution in [3.8, 4) is 0 Å². The topological polar surface area (TPSA) is 58.4 Å². The third-order valence-corrected chi connectivity index (χ3v) is 3.91. The third-order valence-electron chi connectivity index (χ3n) is 3.66. The van der Waals surface area contributed by atoms with Crippen molar-refractivity contribution in [2.45, 2.75) is 31.8 Å². The lowest BCUT2D eigenvalue weighted by Crippen LogP contribution is -2.47. The molecule has 0 aromatic heterocycles. The molecule has 4 nitrogen and oxygen atoms in total. The molecule has 1 aliphatic heterocycles. The van der Waals surface area contributed by atoms with E-state index in [4.69, 9.17) is 17.3 Å². The number of urea groups is 1. The summed E-state index contributed by atoms with van der Waals surface area (Å²) in [5, 5.41) is 4.35. The number of carbonyl (C=O) groups excluding carboxylic acids is 1. The molecular formula is C14H20ClN3O. The van der Waals surface area contributed by atoms with Crippen molar-refractivity contribution < 1.29 is 4.79 Å². The Bertz CT molecular complexity index is 427. The summed E-state index contributed by atoms with van der Waals surface area (Å²) in [5.41, 5.74) is 6.50. The fourth-order valence-corrected chi connectivity index (χ4v) is 2.59. The Morgan fingerprint density at radius 3 is 2.47 bits per heavy atom. The molecular weight excluding hydrogens is 262 g/mol. The van der Waals surface area contributed by atoms with Gasteiger partial charge in [0, 0.05) is 30.2 Å².